The summed E-state index contributed by atoms with van der Waals surface area (Å²) in [7, 11) is 0. The molecule has 1 aromatic carbocycles. The van der Waals surface area contributed by atoms with E-state index in [1.807, 2.05) is 12.1 Å². The summed E-state index contributed by atoms with van der Waals surface area (Å²) in [6.45, 7) is 0. The number of ether oxygens (including phenoxy) is 1. The van der Waals surface area contributed by atoms with Gasteiger partial charge in [0.1, 0.15) is 5.75 Å². The molecule has 0 unspecified atom stereocenters. The van der Waals surface area contributed by atoms with Crippen LogP contribution < -0.4 is 10.1 Å². The third kappa shape index (κ3) is 2.36. The maximum Gasteiger partial charge on any atom is 0.211 e. The lowest BCUT2D eigenvalue weighted by molar-refractivity contribution is -0.105. The van der Waals surface area contributed by atoms with E-state index in [0.717, 1.165) is 0 Å². The average Bonchev–Trinajstić information content (AvgIpc) is 2.33. The molecule has 0 aliphatic heterocycles. The SMILES string of the molecule is O=CNc1ccccc1Oc1cccnc1. The normalized spacial score (nSPS) is 9.50. The van der Waals surface area contributed by atoms with Crippen LogP contribution in [-0.2, 0) is 4.79 Å². The predicted molar refractivity (Wildman–Crippen MR) is 60.4 cm³/mol. The molecular weight excluding hydrogens is 204 g/mol. The Labute approximate surface area is 92.9 Å². The van der Waals surface area contributed by atoms with Crippen molar-refractivity contribution >= 4 is 12.1 Å². The summed E-state index contributed by atoms with van der Waals surface area (Å²) >= 11 is 0. The molecule has 2 aromatic rings. The first-order valence-electron chi connectivity index (χ1n) is 4.77. The number of aromatic nitrogens is 1. The van der Waals surface area contributed by atoms with Crippen molar-refractivity contribution in [2.45, 2.75) is 0 Å². The Morgan fingerprint density at radius 2 is 2.06 bits per heavy atom. The third-order valence-corrected chi connectivity index (χ3v) is 1.96. The van der Waals surface area contributed by atoms with Crippen LogP contribution in [0.2, 0.25) is 0 Å². The van der Waals surface area contributed by atoms with Crippen LogP contribution in [0.3, 0.4) is 0 Å². The highest BCUT2D eigenvalue weighted by Gasteiger charge is 2.02. The van der Waals surface area contributed by atoms with Gasteiger partial charge in [0.15, 0.2) is 5.75 Å². The van der Waals surface area contributed by atoms with Crippen LogP contribution in [0.5, 0.6) is 11.5 Å². The number of carbonyl (C=O) groups excluding carboxylic acids is 1. The largest absolute Gasteiger partial charge is 0.454 e. The maximum atomic E-state index is 10.4. The van der Waals surface area contributed by atoms with Crippen LogP contribution in [0, 0.1) is 0 Å². The van der Waals surface area contributed by atoms with E-state index in [1.54, 1.807) is 36.7 Å². The third-order valence-electron chi connectivity index (χ3n) is 1.96. The second-order valence-electron chi connectivity index (χ2n) is 3.05. The number of hydrogen-bond donors (Lipinski definition) is 1. The molecule has 1 aromatic heterocycles. The number of amides is 1. The molecule has 0 aliphatic carbocycles. The average molecular weight is 214 g/mol. The van der Waals surface area contributed by atoms with Crippen molar-refractivity contribution in [2.75, 3.05) is 5.32 Å². The van der Waals surface area contributed by atoms with Crippen molar-refractivity contribution in [1.29, 1.82) is 0 Å². The highest BCUT2D eigenvalue weighted by molar-refractivity contribution is 5.75. The Morgan fingerprint density at radius 3 is 2.81 bits per heavy atom. The fourth-order valence-electron chi connectivity index (χ4n) is 1.27. The van der Waals surface area contributed by atoms with Gasteiger partial charge in [-0.25, -0.2) is 0 Å². The summed E-state index contributed by atoms with van der Waals surface area (Å²) < 4.78 is 5.58. The van der Waals surface area contributed by atoms with Gasteiger partial charge in [-0.05, 0) is 24.3 Å². The van der Waals surface area contributed by atoms with Gasteiger partial charge >= 0.3 is 0 Å². The Kier molecular flexibility index (Phi) is 3.13. The number of nitrogens with one attached hydrogen (secondary N) is 1. The van der Waals surface area contributed by atoms with E-state index in [-0.39, 0.29) is 0 Å². The molecule has 0 spiro atoms. The van der Waals surface area contributed by atoms with Crippen molar-refractivity contribution < 1.29 is 9.53 Å². The van der Waals surface area contributed by atoms with Gasteiger partial charge in [-0.1, -0.05) is 12.1 Å². The van der Waals surface area contributed by atoms with E-state index in [0.29, 0.717) is 23.6 Å². The summed E-state index contributed by atoms with van der Waals surface area (Å²) in [6, 6.07) is 10.8. The van der Waals surface area contributed by atoms with E-state index in [4.69, 9.17) is 4.74 Å². The fourth-order valence-corrected chi connectivity index (χ4v) is 1.27. The number of nitrogens with zero attached hydrogens (tertiary/aromatic N) is 1. The Bertz CT molecular complexity index is 471. The zero-order valence-corrected chi connectivity index (χ0v) is 8.46. The van der Waals surface area contributed by atoms with Gasteiger partial charge in [-0.2, -0.15) is 0 Å². The number of carbonyl (C=O) groups is 1. The van der Waals surface area contributed by atoms with Crippen LogP contribution in [0.15, 0.2) is 48.8 Å². The van der Waals surface area contributed by atoms with E-state index in [2.05, 4.69) is 10.3 Å². The molecule has 0 atom stereocenters. The van der Waals surface area contributed by atoms with Crippen molar-refractivity contribution in [3.63, 3.8) is 0 Å². The summed E-state index contributed by atoms with van der Waals surface area (Å²) in [4.78, 5) is 14.3. The van der Waals surface area contributed by atoms with E-state index in [1.165, 1.54) is 0 Å². The van der Waals surface area contributed by atoms with Crippen molar-refractivity contribution in [3.05, 3.63) is 48.8 Å². The smallest absolute Gasteiger partial charge is 0.211 e. The Balaban J connectivity index is 2.24. The lowest BCUT2D eigenvalue weighted by atomic mass is 10.3. The van der Waals surface area contributed by atoms with Gasteiger partial charge in [-0.15, -0.1) is 0 Å². The number of pyridine rings is 1. The molecule has 0 aliphatic rings. The number of hydrogen-bond acceptors (Lipinski definition) is 3. The van der Waals surface area contributed by atoms with Gasteiger partial charge in [0.2, 0.25) is 6.41 Å². The number of rotatable bonds is 4. The molecule has 2 rings (SSSR count). The van der Waals surface area contributed by atoms with Gasteiger partial charge in [-0.3, -0.25) is 9.78 Å². The topological polar surface area (TPSA) is 51.2 Å². The number of para-hydroxylation sites is 2. The van der Waals surface area contributed by atoms with E-state index >= 15 is 0 Å². The van der Waals surface area contributed by atoms with Crippen LogP contribution in [0.4, 0.5) is 5.69 Å². The molecule has 0 bridgehead atoms. The first kappa shape index (κ1) is 10.2. The Hall–Kier alpha value is -2.36. The quantitative estimate of drug-likeness (QED) is 0.795. The molecule has 0 radical (unpaired) electrons. The molecule has 0 saturated carbocycles. The van der Waals surface area contributed by atoms with Crippen molar-refractivity contribution in [2.24, 2.45) is 0 Å². The molecule has 0 fully saturated rings. The Morgan fingerprint density at radius 1 is 1.19 bits per heavy atom. The molecule has 4 nitrogen and oxygen atoms in total. The minimum absolute atomic E-state index is 0.586. The molecule has 80 valence electrons. The lowest BCUT2D eigenvalue weighted by Crippen LogP contribution is -1.96. The predicted octanol–water partition coefficient (Wildman–Crippen LogP) is 2.44. The second-order valence-corrected chi connectivity index (χ2v) is 3.05. The van der Waals surface area contributed by atoms with Crippen molar-refractivity contribution in [1.82, 2.24) is 4.98 Å². The number of anilines is 1. The second kappa shape index (κ2) is 4.93. The zero-order valence-electron chi connectivity index (χ0n) is 8.46. The summed E-state index contributed by atoms with van der Waals surface area (Å²) in [6.07, 6.45) is 3.89. The molecule has 1 N–H and O–H groups in total. The van der Waals surface area contributed by atoms with Crippen LogP contribution in [0.25, 0.3) is 0 Å². The fraction of sp³-hybridized carbons (Fsp3) is 0. The zero-order chi connectivity index (χ0) is 11.2. The van der Waals surface area contributed by atoms with Gasteiger partial charge in [0, 0.05) is 6.20 Å². The number of benzene rings is 1. The monoisotopic (exact) mass is 214 g/mol. The van der Waals surface area contributed by atoms with Gasteiger partial charge < -0.3 is 10.1 Å². The molecule has 1 heterocycles. The first-order chi connectivity index (χ1) is 7.90. The van der Waals surface area contributed by atoms with E-state index in [9.17, 15) is 4.79 Å². The molecule has 4 heteroatoms. The van der Waals surface area contributed by atoms with E-state index < -0.39 is 0 Å². The lowest BCUT2D eigenvalue weighted by Gasteiger charge is -2.09. The first-order valence-corrected chi connectivity index (χ1v) is 4.77. The molecule has 16 heavy (non-hydrogen) atoms. The van der Waals surface area contributed by atoms with Crippen LogP contribution >= 0.6 is 0 Å². The summed E-state index contributed by atoms with van der Waals surface area (Å²) in [5.41, 5.74) is 0.626. The standard InChI is InChI=1S/C12H10N2O2/c15-9-14-11-5-1-2-6-12(11)16-10-4-3-7-13-8-10/h1-9H,(H,14,15). The highest BCUT2D eigenvalue weighted by atomic mass is 16.5. The van der Waals surface area contributed by atoms with Crippen molar-refractivity contribution in [3.8, 4) is 11.5 Å². The minimum atomic E-state index is 0.586. The molecule has 0 saturated heterocycles. The highest BCUT2D eigenvalue weighted by Crippen LogP contribution is 2.28. The maximum absolute atomic E-state index is 10.4. The van der Waals surface area contributed by atoms with Gasteiger partial charge in [0.25, 0.3) is 0 Å². The van der Waals surface area contributed by atoms with Gasteiger partial charge in [0.05, 0.1) is 11.9 Å². The molecule has 1 amide bonds. The van der Waals surface area contributed by atoms with Crippen LogP contribution in [0.1, 0.15) is 0 Å². The van der Waals surface area contributed by atoms with Crippen LogP contribution in [-0.4, -0.2) is 11.4 Å². The summed E-state index contributed by atoms with van der Waals surface area (Å²) in [5, 5.41) is 2.57. The molecular formula is C12H10N2O2. The minimum Gasteiger partial charge on any atom is -0.454 e. The summed E-state index contributed by atoms with van der Waals surface area (Å²) in [5.74, 6) is 1.21.